The fraction of sp³-hybridized carbons (Fsp3) is 0.455. The van der Waals surface area contributed by atoms with E-state index in [1.807, 2.05) is 0 Å². The van der Waals surface area contributed by atoms with Gasteiger partial charge in [-0.25, -0.2) is 23.1 Å². The fourth-order valence-electron chi connectivity index (χ4n) is 5.04. The van der Waals surface area contributed by atoms with Crippen LogP contribution >= 0.6 is 11.3 Å². The minimum absolute atomic E-state index is 0.148. The van der Waals surface area contributed by atoms with Gasteiger partial charge in [0.05, 0.1) is 16.7 Å². The summed E-state index contributed by atoms with van der Waals surface area (Å²) >= 11 is 1.07. The van der Waals surface area contributed by atoms with Crippen LogP contribution in [0.5, 0.6) is 0 Å². The molecule has 0 amide bonds. The van der Waals surface area contributed by atoms with E-state index in [1.165, 1.54) is 13.4 Å². The predicted octanol–water partition coefficient (Wildman–Crippen LogP) is 4.18. The molecule has 2 aliphatic rings. The van der Waals surface area contributed by atoms with Gasteiger partial charge in [-0.1, -0.05) is 0 Å². The van der Waals surface area contributed by atoms with E-state index >= 15 is 0 Å². The van der Waals surface area contributed by atoms with Crippen molar-refractivity contribution < 1.29 is 21.6 Å². The molecule has 3 heterocycles. The number of aromatic nitrogens is 2. The number of rotatable bonds is 6. The van der Waals surface area contributed by atoms with E-state index in [1.54, 1.807) is 30.3 Å². The molecule has 1 atom stereocenters. The van der Waals surface area contributed by atoms with Crippen LogP contribution in [0, 0.1) is 5.41 Å². The molecule has 12 heteroatoms. The number of benzene rings is 1. The predicted molar refractivity (Wildman–Crippen MR) is 126 cm³/mol. The zero-order chi connectivity index (χ0) is 24.1. The SMILES string of the molecule is CNS(=O)(=O)c1ccc(NC2CCC3(C2)CN(c2ncnc4sc(CC(F)(F)F)cc24)C3)cc1. The first kappa shape index (κ1) is 23.3. The topological polar surface area (TPSA) is 87.2 Å². The third-order valence-corrected chi connectivity index (χ3v) is 9.07. The molecule has 1 saturated carbocycles. The van der Waals surface area contributed by atoms with Crippen molar-refractivity contribution in [2.75, 3.05) is 30.4 Å². The molecule has 1 spiro atoms. The van der Waals surface area contributed by atoms with Gasteiger partial charge >= 0.3 is 6.18 Å². The number of halogens is 3. The molecule has 34 heavy (non-hydrogen) atoms. The summed E-state index contributed by atoms with van der Waals surface area (Å²) in [6.07, 6.45) is -0.762. The Morgan fingerprint density at radius 1 is 1.21 bits per heavy atom. The summed E-state index contributed by atoms with van der Waals surface area (Å²) in [5.74, 6) is 0.707. The van der Waals surface area contributed by atoms with E-state index in [-0.39, 0.29) is 21.2 Å². The summed E-state index contributed by atoms with van der Waals surface area (Å²) in [7, 11) is -2.08. The van der Waals surface area contributed by atoms with Crippen molar-refractivity contribution in [2.45, 2.75) is 42.8 Å². The third kappa shape index (κ3) is 4.58. The minimum atomic E-state index is -4.25. The molecule has 0 radical (unpaired) electrons. The Bertz CT molecular complexity index is 1300. The zero-order valence-corrected chi connectivity index (χ0v) is 20.0. The molecule has 3 aromatic rings. The average molecular weight is 512 g/mol. The van der Waals surface area contributed by atoms with Gasteiger partial charge in [0.15, 0.2) is 0 Å². The summed E-state index contributed by atoms with van der Waals surface area (Å²) in [5, 5.41) is 4.19. The number of nitrogens with one attached hydrogen (secondary N) is 2. The Labute approximate surface area is 199 Å². The Morgan fingerprint density at radius 2 is 1.94 bits per heavy atom. The second kappa shape index (κ2) is 8.35. The van der Waals surface area contributed by atoms with E-state index in [2.05, 4.69) is 24.9 Å². The highest BCUT2D eigenvalue weighted by Crippen LogP contribution is 2.48. The van der Waals surface area contributed by atoms with E-state index in [0.717, 1.165) is 49.4 Å². The number of alkyl halides is 3. The Hall–Kier alpha value is -2.44. The largest absolute Gasteiger partial charge is 0.393 e. The van der Waals surface area contributed by atoms with Crippen LogP contribution in [0.3, 0.4) is 0 Å². The first-order valence-electron chi connectivity index (χ1n) is 10.9. The maximum absolute atomic E-state index is 12.8. The normalized spacial score (nSPS) is 20.1. The van der Waals surface area contributed by atoms with Gasteiger partial charge < -0.3 is 10.2 Å². The number of fused-ring (bicyclic) bond motifs is 1. The lowest BCUT2D eigenvalue weighted by Gasteiger charge is -2.49. The lowest BCUT2D eigenvalue weighted by atomic mass is 9.78. The maximum atomic E-state index is 12.8. The number of sulfonamides is 1. The van der Waals surface area contributed by atoms with Gasteiger partial charge in [0.2, 0.25) is 10.0 Å². The Morgan fingerprint density at radius 3 is 2.62 bits per heavy atom. The van der Waals surface area contributed by atoms with E-state index in [4.69, 9.17) is 0 Å². The lowest BCUT2D eigenvalue weighted by Crippen LogP contribution is -2.56. The van der Waals surface area contributed by atoms with Crippen molar-refractivity contribution in [3.63, 3.8) is 0 Å². The van der Waals surface area contributed by atoms with Crippen LogP contribution in [0.1, 0.15) is 24.1 Å². The van der Waals surface area contributed by atoms with Crippen LogP contribution < -0.4 is 14.9 Å². The van der Waals surface area contributed by atoms with Crippen LogP contribution in [-0.4, -0.2) is 50.7 Å². The van der Waals surface area contributed by atoms with Gasteiger partial charge in [-0.2, -0.15) is 13.2 Å². The monoisotopic (exact) mass is 511 g/mol. The molecule has 182 valence electrons. The molecule has 5 rings (SSSR count). The summed E-state index contributed by atoms with van der Waals surface area (Å²) in [5.41, 5.74) is 1.02. The summed E-state index contributed by atoms with van der Waals surface area (Å²) in [6.45, 7) is 1.61. The molecular formula is C22H24F3N5O2S2. The highest BCUT2D eigenvalue weighted by molar-refractivity contribution is 7.89. The van der Waals surface area contributed by atoms with Gasteiger partial charge in [0.25, 0.3) is 0 Å². The van der Waals surface area contributed by atoms with E-state index < -0.39 is 22.6 Å². The van der Waals surface area contributed by atoms with Crippen LogP contribution in [0.15, 0.2) is 41.6 Å². The third-order valence-electron chi connectivity index (χ3n) is 6.59. The fourth-order valence-corrected chi connectivity index (χ4v) is 6.80. The second-order valence-corrected chi connectivity index (χ2v) is 12.1. The lowest BCUT2D eigenvalue weighted by molar-refractivity contribution is -0.126. The van der Waals surface area contributed by atoms with Crippen molar-refractivity contribution in [3.05, 3.63) is 41.5 Å². The van der Waals surface area contributed by atoms with Crippen LogP contribution in [0.25, 0.3) is 10.2 Å². The first-order chi connectivity index (χ1) is 16.1. The molecular weight excluding hydrogens is 487 g/mol. The van der Waals surface area contributed by atoms with Crippen molar-refractivity contribution in [1.82, 2.24) is 14.7 Å². The van der Waals surface area contributed by atoms with Crippen LogP contribution in [-0.2, 0) is 16.4 Å². The highest BCUT2D eigenvalue weighted by Gasteiger charge is 2.49. The van der Waals surface area contributed by atoms with Crippen molar-refractivity contribution >= 4 is 43.1 Å². The first-order valence-corrected chi connectivity index (χ1v) is 13.2. The second-order valence-electron chi connectivity index (χ2n) is 9.09. The summed E-state index contributed by atoms with van der Waals surface area (Å²) < 4.78 is 64.5. The number of hydrogen-bond donors (Lipinski definition) is 2. The zero-order valence-electron chi connectivity index (χ0n) is 18.4. The summed E-state index contributed by atoms with van der Waals surface area (Å²) in [6, 6.07) is 8.56. The molecule has 2 fully saturated rings. The quantitative estimate of drug-likeness (QED) is 0.517. The van der Waals surface area contributed by atoms with Gasteiger partial charge in [-0.05, 0) is 56.6 Å². The number of thiophene rings is 1. The minimum Gasteiger partial charge on any atom is -0.382 e. The molecule has 1 unspecified atom stereocenters. The van der Waals surface area contributed by atoms with Crippen LogP contribution in [0.4, 0.5) is 24.7 Å². The van der Waals surface area contributed by atoms with Gasteiger partial charge in [-0.3, -0.25) is 0 Å². The van der Waals surface area contributed by atoms with E-state index in [9.17, 15) is 21.6 Å². The molecule has 2 N–H and O–H groups in total. The van der Waals surface area contributed by atoms with Gasteiger partial charge in [0, 0.05) is 35.1 Å². The number of anilines is 2. The highest BCUT2D eigenvalue weighted by atomic mass is 32.2. The smallest absolute Gasteiger partial charge is 0.382 e. The number of nitrogens with zero attached hydrogens (tertiary/aromatic N) is 3. The Kier molecular flexibility index (Phi) is 5.72. The molecule has 1 aliphatic carbocycles. The van der Waals surface area contributed by atoms with Crippen LogP contribution in [0.2, 0.25) is 0 Å². The van der Waals surface area contributed by atoms with Gasteiger partial charge in [0.1, 0.15) is 17.0 Å². The molecule has 1 aromatic carbocycles. The Balaban J connectivity index is 1.23. The van der Waals surface area contributed by atoms with E-state index in [0.29, 0.717) is 16.0 Å². The van der Waals surface area contributed by atoms with Crippen molar-refractivity contribution in [1.29, 1.82) is 0 Å². The van der Waals surface area contributed by atoms with Gasteiger partial charge in [-0.15, -0.1) is 11.3 Å². The molecule has 7 nitrogen and oxygen atoms in total. The number of hydrogen-bond acceptors (Lipinski definition) is 7. The van der Waals surface area contributed by atoms with Crippen molar-refractivity contribution in [3.8, 4) is 0 Å². The van der Waals surface area contributed by atoms with Crippen molar-refractivity contribution in [2.24, 2.45) is 5.41 Å². The molecule has 0 bridgehead atoms. The molecule has 2 aromatic heterocycles. The standard InChI is InChI=1S/C22H24F3N5O2S2/c1-26-34(31,32)17-4-2-14(3-5-17)29-15-6-7-21(9-15)11-30(12-21)19-18-8-16(10-22(23,24)25)33-20(18)28-13-27-19/h2-5,8,13,15,26,29H,6-7,9-12H2,1H3. The molecule has 1 saturated heterocycles. The maximum Gasteiger partial charge on any atom is 0.393 e. The summed E-state index contributed by atoms with van der Waals surface area (Å²) in [4.78, 5) is 11.7. The molecule has 1 aliphatic heterocycles. The average Bonchev–Trinajstić information content (AvgIpc) is 3.35.